The van der Waals surface area contributed by atoms with Crippen molar-refractivity contribution in [1.29, 1.82) is 0 Å². The van der Waals surface area contributed by atoms with Gasteiger partial charge in [0.15, 0.2) is 5.11 Å². The minimum absolute atomic E-state index is 0.317. The molecule has 1 heterocycles. The van der Waals surface area contributed by atoms with Crippen LogP contribution in [0.5, 0.6) is 0 Å². The fourth-order valence-corrected chi connectivity index (χ4v) is 4.47. The minimum atomic E-state index is -0.437. The molecule has 3 aromatic rings. The van der Waals surface area contributed by atoms with E-state index in [1.807, 2.05) is 44.2 Å². The molecule has 0 aliphatic carbocycles. The fraction of sp³-hybridized carbons (Fsp3) is 0.208. The first kappa shape index (κ1) is 23.4. The topological polar surface area (TPSA) is 76.7 Å². The van der Waals surface area contributed by atoms with Crippen LogP contribution in [0.1, 0.15) is 38.9 Å². The molecule has 8 heteroatoms. The normalized spacial score (nSPS) is 10.3. The van der Waals surface area contributed by atoms with Gasteiger partial charge < -0.3 is 20.1 Å². The van der Waals surface area contributed by atoms with Crippen molar-refractivity contribution >= 4 is 51.3 Å². The van der Waals surface area contributed by atoms with Gasteiger partial charge in [-0.2, -0.15) is 0 Å². The van der Waals surface area contributed by atoms with Crippen molar-refractivity contribution in [3.8, 4) is 11.1 Å². The van der Waals surface area contributed by atoms with E-state index in [9.17, 15) is 9.59 Å². The predicted molar refractivity (Wildman–Crippen MR) is 133 cm³/mol. The molecule has 0 saturated carbocycles. The standard InChI is InChI=1S/C24H24N2O4S2/c1-4-14-30-22(27)17-10-12-18(13-11-17)25-24(31)26-21-20(23(28)29-3)19(15(2)32-21)16-8-6-5-7-9-16/h5-13H,4,14H2,1-3H3,(H2,25,26,31). The number of carbonyl (C=O) groups excluding carboxylic acids is 2. The summed E-state index contributed by atoms with van der Waals surface area (Å²) in [4.78, 5) is 25.5. The van der Waals surface area contributed by atoms with Crippen molar-refractivity contribution in [1.82, 2.24) is 0 Å². The van der Waals surface area contributed by atoms with Gasteiger partial charge in [-0.1, -0.05) is 37.3 Å². The molecular formula is C24H24N2O4S2. The fourth-order valence-electron chi connectivity index (χ4n) is 3.12. The van der Waals surface area contributed by atoms with Crippen molar-refractivity contribution in [2.24, 2.45) is 0 Å². The zero-order chi connectivity index (χ0) is 23.1. The van der Waals surface area contributed by atoms with E-state index in [0.717, 1.165) is 22.4 Å². The predicted octanol–water partition coefficient (Wildman–Crippen LogP) is 5.89. The quantitative estimate of drug-likeness (QED) is 0.331. The number of anilines is 2. The van der Waals surface area contributed by atoms with Crippen molar-refractivity contribution in [3.63, 3.8) is 0 Å². The van der Waals surface area contributed by atoms with Gasteiger partial charge in [0, 0.05) is 16.1 Å². The van der Waals surface area contributed by atoms with Crippen LogP contribution in [0.2, 0.25) is 0 Å². The van der Waals surface area contributed by atoms with Crippen LogP contribution >= 0.6 is 23.6 Å². The van der Waals surface area contributed by atoms with Crippen LogP contribution in [0.15, 0.2) is 54.6 Å². The summed E-state index contributed by atoms with van der Waals surface area (Å²) >= 11 is 6.88. The molecule has 0 spiro atoms. The Morgan fingerprint density at radius 3 is 2.31 bits per heavy atom. The molecule has 0 atom stereocenters. The van der Waals surface area contributed by atoms with Gasteiger partial charge in [0.25, 0.3) is 0 Å². The molecule has 0 aliphatic heterocycles. The molecule has 2 aromatic carbocycles. The summed E-state index contributed by atoms with van der Waals surface area (Å²) in [6, 6.07) is 16.5. The average Bonchev–Trinajstić information content (AvgIpc) is 3.13. The van der Waals surface area contributed by atoms with Gasteiger partial charge in [-0.25, -0.2) is 9.59 Å². The first-order chi connectivity index (χ1) is 15.4. The maximum absolute atomic E-state index is 12.6. The molecule has 0 unspecified atom stereocenters. The van der Waals surface area contributed by atoms with Crippen LogP contribution in [0.3, 0.4) is 0 Å². The Morgan fingerprint density at radius 2 is 1.69 bits per heavy atom. The molecule has 3 rings (SSSR count). The number of ether oxygens (including phenoxy) is 2. The smallest absolute Gasteiger partial charge is 0.341 e. The number of hydrogen-bond acceptors (Lipinski definition) is 6. The van der Waals surface area contributed by atoms with E-state index >= 15 is 0 Å². The van der Waals surface area contributed by atoms with Crippen molar-refractivity contribution < 1.29 is 19.1 Å². The number of nitrogens with one attached hydrogen (secondary N) is 2. The van der Waals surface area contributed by atoms with E-state index in [1.54, 1.807) is 24.3 Å². The SMILES string of the molecule is CCCOC(=O)c1ccc(NC(=S)Nc2sc(C)c(-c3ccccc3)c2C(=O)OC)cc1. The van der Waals surface area contributed by atoms with Crippen molar-refractivity contribution in [2.75, 3.05) is 24.4 Å². The molecule has 0 aliphatic rings. The Kier molecular flexibility index (Phi) is 7.97. The number of thiophene rings is 1. The Balaban J connectivity index is 1.78. The second-order valence-corrected chi connectivity index (χ2v) is 8.52. The molecule has 0 fully saturated rings. The summed E-state index contributed by atoms with van der Waals surface area (Å²) in [5.41, 5.74) is 3.36. The number of aryl methyl sites for hydroxylation is 1. The lowest BCUT2D eigenvalue weighted by Gasteiger charge is -2.12. The van der Waals surface area contributed by atoms with E-state index in [-0.39, 0.29) is 5.97 Å². The van der Waals surface area contributed by atoms with Gasteiger partial charge in [-0.3, -0.25) is 0 Å². The number of carbonyl (C=O) groups is 2. The molecule has 0 bridgehead atoms. The minimum Gasteiger partial charge on any atom is -0.465 e. The van der Waals surface area contributed by atoms with Gasteiger partial charge in [0.2, 0.25) is 0 Å². The third kappa shape index (κ3) is 5.52. The second-order valence-electron chi connectivity index (χ2n) is 6.89. The van der Waals surface area contributed by atoms with Crippen LogP contribution < -0.4 is 10.6 Å². The third-order valence-electron chi connectivity index (χ3n) is 4.58. The Labute approximate surface area is 196 Å². The number of thiocarbonyl (C=S) groups is 1. The number of hydrogen-bond donors (Lipinski definition) is 2. The summed E-state index contributed by atoms with van der Waals surface area (Å²) in [6.07, 6.45) is 0.771. The molecule has 6 nitrogen and oxygen atoms in total. The maximum atomic E-state index is 12.6. The number of methoxy groups -OCH3 is 1. The second kappa shape index (κ2) is 10.9. The molecule has 32 heavy (non-hydrogen) atoms. The molecule has 166 valence electrons. The number of benzene rings is 2. The lowest BCUT2D eigenvalue weighted by atomic mass is 10.0. The third-order valence-corrected chi connectivity index (χ3v) is 5.80. The van der Waals surface area contributed by atoms with Crippen molar-refractivity contribution in [3.05, 3.63) is 70.6 Å². The largest absolute Gasteiger partial charge is 0.465 e. The van der Waals surface area contributed by atoms with Gasteiger partial charge in [0.1, 0.15) is 10.6 Å². The molecule has 0 radical (unpaired) electrons. The van der Waals surface area contributed by atoms with Crippen molar-refractivity contribution in [2.45, 2.75) is 20.3 Å². The van der Waals surface area contributed by atoms with Crippen LogP contribution in [-0.4, -0.2) is 30.8 Å². The van der Waals surface area contributed by atoms with Crippen LogP contribution in [0.4, 0.5) is 10.7 Å². The molecule has 0 saturated heterocycles. The number of rotatable bonds is 7. The maximum Gasteiger partial charge on any atom is 0.341 e. The summed E-state index contributed by atoms with van der Waals surface area (Å²) in [5.74, 6) is -0.794. The van der Waals surface area contributed by atoms with E-state index in [4.69, 9.17) is 21.7 Å². The average molecular weight is 469 g/mol. The van der Waals surface area contributed by atoms with E-state index in [0.29, 0.717) is 33.5 Å². The van der Waals surface area contributed by atoms with Crippen LogP contribution in [0.25, 0.3) is 11.1 Å². The van der Waals surface area contributed by atoms with E-state index in [2.05, 4.69) is 10.6 Å². The van der Waals surface area contributed by atoms with Crippen LogP contribution in [0, 0.1) is 6.92 Å². The highest BCUT2D eigenvalue weighted by Crippen LogP contribution is 2.40. The highest BCUT2D eigenvalue weighted by molar-refractivity contribution is 7.80. The van der Waals surface area contributed by atoms with Gasteiger partial charge in [-0.15, -0.1) is 11.3 Å². The summed E-state index contributed by atoms with van der Waals surface area (Å²) in [5, 5.41) is 7.11. The molecule has 2 N–H and O–H groups in total. The Hall–Kier alpha value is -3.23. The lowest BCUT2D eigenvalue weighted by Crippen LogP contribution is -2.20. The first-order valence-corrected chi connectivity index (χ1v) is 11.3. The first-order valence-electron chi connectivity index (χ1n) is 10.1. The summed E-state index contributed by atoms with van der Waals surface area (Å²) in [7, 11) is 1.36. The van der Waals surface area contributed by atoms with E-state index < -0.39 is 5.97 Å². The Morgan fingerprint density at radius 1 is 1.00 bits per heavy atom. The van der Waals surface area contributed by atoms with Gasteiger partial charge in [-0.05, 0) is 55.4 Å². The highest BCUT2D eigenvalue weighted by Gasteiger charge is 2.24. The molecule has 0 amide bonds. The lowest BCUT2D eigenvalue weighted by molar-refractivity contribution is 0.0504. The van der Waals surface area contributed by atoms with Gasteiger partial charge in [0.05, 0.1) is 19.3 Å². The van der Waals surface area contributed by atoms with Crippen LogP contribution in [-0.2, 0) is 9.47 Å². The summed E-state index contributed by atoms with van der Waals surface area (Å²) in [6.45, 7) is 4.29. The monoisotopic (exact) mass is 468 g/mol. The molecular weight excluding hydrogens is 444 g/mol. The van der Waals surface area contributed by atoms with E-state index in [1.165, 1.54) is 18.4 Å². The molecule has 1 aromatic heterocycles. The highest BCUT2D eigenvalue weighted by atomic mass is 32.1. The number of esters is 2. The Bertz CT molecular complexity index is 1110. The summed E-state index contributed by atoms with van der Waals surface area (Å²) < 4.78 is 10.2. The van der Waals surface area contributed by atoms with Gasteiger partial charge >= 0.3 is 11.9 Å². The zero-order valence-corrected chi connectivity index (χ0v) is 19.7. The zero-order valence-electron chi connectivity index (χ0n) is 18.1.